The van der Waals surface area contributed by atoms with E-state index in [2.05, 4.69) is 0 Å². The number of halogens is 2. The lowest BCUT2D eigenvalue weighted by Crippen LogP contribution is -2.12. The van der Waals surface area contributed by atoms with Gasteiger partial charge in [0.2, 0.25) is 0 Å². The van der Waals surface area contributed by atoms with Gasteiger partial charge in [-0.25, -0.2) is 8.78 Å². The van der Waals surface area contributed by atoms with E-state index in [1.54, 1.807) is 31.2 Å². The molecule has 0 radical (unpaired) electrons. The van der Waals surface area contributed by atoms with Gasteiger partial charge < -0.3 is 4.74 Å². The van der Waals surface area contributed by atoms with Gasteiger partial charge in [-0.05, 0) is 42.3 Å². The molecule has 0 aliphatic rings. The van der Waals surface area contributed by atoms with Gasteiger partial charge in [-0.3, -0.25) is 4.79 Å². The highest BCUT2D eigenvalue weighted by Crippen LogP contribution is 2.29. The minimum atomic E-state index is -0.435. The molecule has 0 aromatic heterocycles. The van der Waals surface area contributed by atoms with Crippen LogP contribution in [0.4, 0.5) is 8.78 Å². The third-order valence-corrected chi connectivity index (χ3v) is 3.18. The van der Waals surface area contributed by atoms with Gasteiger partial charge in [0.15, 0.2) is 0 Å². The van der Waals surface area contributed by atoms with Gasteiger partial charge in [0.05, 0.1) is 13.0 Å². The minimum Gasteiger partial charge on any atom is -0.466 e. The standard InChI is InChI=1S/C17H16F2O2/c1-2-21-17(20)11-16(12-5-3-7-14(18)9-12)13-6-4-8-15(19)10-13/h3-10,16H,2,11H2,1H3. The SMILES string of the molecule is CCOC(=O)CC(c1cccc(F)c1)c1cccc(F)c1. The molecule has 4 heteroatoms. The maximum Gasteiger partial charge on any atom is 0.306 e. The van der Waals surface area contributed by atoms with Gasteiger partial charge in [0, 0.05) is 5.92 Å². The van der Waals surface area contributed by atoms with E-state index in [1.807, 2.05) is 0 Å². The second kappa shape index (κ2) is 6.97. The van der Waals surface area contributed by atoms with Crippen LogP contribution in [0.1, 0.15) is 30.4 Å². The summed E-state index contributed by atoms with van der Waals surface area (Å²) >= 11 is 0. The van der Waals surface area contributed by atoms with Crippen LogP contribution < -0.4 is 0 Å². The van der Waals surface area contributed by atoms with Gasteiger partial charge in [-0.1, -0.05) is 24.3 Å². The molecule has 0 saturated heterocycles. The highest BCUT2D eigenvalue weighted by atomic mass is 19.1. The number of ether oxygens (including phenoxy) is 1. The first-order chi connectivity index (χ1) is 10.1. The Kier molecular flexibility index (Phi) is 5.04. The molecule has 0 heterocycles. The quantitative estimate of drug-likeness (QED) is 0.777. The summed E-state index contributed by atoms with van der Waals surface area (Å²) in [4.78, 5) is 11.8. The highest BCUT2D eigenvalue weighted by molar-refractivity contribution is 5.71. The van der Waals surface area contributed by atoms with E-state index in [9.17, 15) is 13.6 Å². The van der Waals surface area contributed by atoms with Crippen LogP contribution in [0.5, 0.6) is 0 Å². The summed E-state index contributed by atoms with van der Waals surface area (Å²) in [6.07, 6.45) is 0.0424. The van der Waals surface area contributed by atoms with Gasteiger partial charge in [0.1, 0.15) is 11.6 Å². The third kappa shape index (κ3) is 4.12. The van der Waals surface area contributed by atoms with Crippen molar-refractivity contribution in [1.82, 2.24) is 0 Å². The molecule has 2 aromatic rings. The maximum absolute atomic E-state index is 13.4. The van der Waals surface area contributed by atoms with Gasteiger partial charge >= 0.3 is 5.97 Å². The summed E-state index contributed by atoms with van der Waals surface area (Å²) in [6.45, 7) is 2.00. The Morgan fingerprint density at radius 1 is 1.05 bits per heavy atom. The lowest BCUT2D eigenvalue weighted by molar-refractivity contribution is -0.143. The summed E-state index contributed by atoms with van der Waals surface area (Å²) < 4.78 is 31.8. The van der Waals surface area contributed by atoms with Gasteiger partial charge in [-0.15, -0.1) is 0 Å². The molecule has 2 aromatic carbocycles. The van der Waals surface area contributed by atoms with Gasteiger partial charge in [-0.2, -0.15) is 0 Å². The molecule has 0 N–H and O–H groups in total. The second-order valence-electron chi connectivity index (χ2n) is 4.67. The van der Waals surface area contributed by atoms with E-state index in [1.165, 1.54) is 24.3 Å². The predicted octanol–water partition coefficient (Wildman–Crippen LogP) is 4.05. The molecule has 0 fully saturated rings. The molecule has 0 spiro atoms. The summed E-state index contributed by atoms with van der Waals surface area (Å²) in [5.41, 5.74) is 1.24. The van der Waals surface area contributed by atoms with E-state index < -0.39 is 23.5 Å². The molecule has 0 unspecified atom stereocenters. The van der Waals surface area contributed by atoms with E-state index in [0.29, 0.717) is 11.1 Å². The number of carbonyl (C=O) groups excluding carboxylic acids is 1. The zero-order valence-corrected chi connectivity index (χ0v) is 11.7. The van der Waals surface area contributed by atoms with E-state index in [-0.39, 0.29) is 13.0 Å². The Labute approximate surface area is 122 Å². The molecule has 0 aliphatic heterocycles. The van der Waals surface area contributed by atoms with E-state index >= 15 is 0 Å². The fourth-order valence-corrected chi connectivity index (χ4v) is 2.26. The molecule has 2 rings (SSSR count). The Balaban J connectivity index is 2.36. The van der Waals surface area contributed by atoms with Gasteiger partial charge in [0.25, 0.3) is 0 Å². The van der Waals surface area contributed by atoms with Crippen LogP contribution in [0.25, 0.3) is 0 Å². The fraction of sp³-hybridized carbons (Fsp3) is 0.235. The molecule has 0 bridgehead atoms. The molecule has 21 heavy (non-hydrogen) atoms. The lowest BCUT2D eigenvalue weighted by Gasteiger charge is -2.17. The van der Waals surface area contributed by atoms with Crippen LogP contribution in [0.15, 0.2) is 48.5 Å². The number of hydrogen-bond acceptors (Lipinski definition) is 2. The number of hydrogen-bond donors (Lipinski definition) is 0. The summed E-state index contributed by atoms with van der Waals surface area (Å²) in [5.74, 6) is -1.61. The first kappa shape index (κ1) is 15.2. The Morgan fingerprint density at radius 2 is 1.57 bits per heavy atom. The topological polar surface area (TPSA) is 26.3 Å². The largest absolute Gasteiger partial charge is 0.466 e. The summed E-state index contributed by atoms with van der Waals surface area (Å²) in [6, 6.07) is 12.0. The zero-order chi connectivity index (χ0) is 15.2. The maximum atomic E-state index is 13.4. The molecule has 0 saturated carbocycles. The molecule has 110 valence electrons. The van der Waals surface area contributed by atoms with Crippen molar-refractivity contribution in [3.8, 4) is 0 Å². The predicted molar refractivity (Wildman–Crippen MR) is 75.9 cm³/mol. The average Bonchev–Trinajstić information content (AvgIpc) is 2.45. The molecule has 0 aliphatic carbocycles. The second-order valence-corrected chi connectivity index (χ2v) is 4.67. The average molecular weight is 290 g/mol. The molecule has 2 nitrogen and oxygen atoms in total. The fourth-order valence-electron chi connectivity index (χ4n) is 2.26. The van der Waals surface area contributed by atoms with Crippen molar-refractivity contribution in [3.05, 3.63) is 71.3 Å². The first-order valence-corrected chi connectivity index (χ1v) is 6.76. The Hall–Kier alpha value is -2.23. The van der Waals surface area contributed by atoms with Crippen molar-refractivity contribution >= 4 is 5.97 Å². The Bertz CT molecular complexity index is 580. The van der Waals surface area contributed by atoms with Crippen molar-refractivity contribution in [2.24, 2.45) is 0 Å². The summed E-state index contributed by atoms with van der Waals surface area (Å²) in [7, 11) is 0. The minimum absolute atomic E-state index is 0.0424. The van der Waals surface area contributed by atoms with Crippen molar-refractivity contribution in [3.63, 3.8) is 0 Å². The first-order valence-electron chi connectivity index (χ1n) is 6.76. The number of carbonyl (C=O) groups is 1. The monoisotopic (exact) mass is 290 g/mol. The number of esters is 1. The van der Waals surface area contributed by atoms with Crippen molar-refractivity contribution in [1.29, 1.82) is 0 Å². The normalized spacial score (nSPS) is 10.7. The molecule has 0 atom stereocenters. The Morgan fingerprint density at radius 3 is 2.00 bits per heavy atom. The van der Waals surface area contributed by atoms with Crippen LogP contribution in [0.2, 0.25) is 0 Å². The van der Waals surface area contributed by atoms with E-state index in [0.717, 1.165) is 0 Å². The van der Waals surface area contributed by atoms with Crippen LogP contribution in [0, 0.1) is 11.6 Å². The number of rotatable bonds is 5. The van der Waals surface area contributed by atoms with E-state index in [4.69, 9.17) is 4.74 Å². The smallest absolute Gasteiger partial charge is 0.306 e. The third-order valence-electron chi connectivity index (χ3n) is 3.18. The lowest BCUT2D eigenvalue weighted by atomic mass is 9.88. The van der Waals surface area contributed by atoms with Crippen LogP contribution >= 0.6 is 0 Å². The zero-order valence-electron chi connectivity index (χ0n) is 11.7. The van der Waals surface area contributed by atoms with Crippen LogP contribution in [-0.2, 0) is 9.53 Å². The molecular weight excluding hydrogens is 274 g/mol. The van der Waals surface area contributed by atoms with Crippen LogP contribution in [-0.4, -0.2) is 12.6 Å². The molecule has 0 amide bonds. The van der Waals surface area contributed by atoms with Crippen molar-refractivity contribution in [2.45, 2.75) is 19.3 Å². The van der Waals surface area contributed by atoms with Crippen molar-refractivity contribution in [2.75, 3.05) is 6.61 Å². The summed E-state index contributed by atoms with van der Waals surface area (Å²) in [5, 5.41) is 0. The van der Waals surface area contributed by atoms with Crippen molar-refractivity contribution < 1.29 is 18.3 Å². The highest BCUT2D eigenvalue weighted by Gasteiger charge is 2.20. The molecular formula is C17H16F2O2. The van der Waals surface area contributed by atoms with Crippen LogP contribution in [0.3, 0.4) is 0 Å². The number of benzene rings is 2.